The summed E-state index contributed by atoms with van der Waals surface area (Å²) in [6.45, 7) is 0.603. The monoisotopic (exact) mass is 485 g/mol. The van der Waals surface area contributed by atoms with Crippen molar-refractivity contribution >= 4 is 56.4 Å². The highest BCUT2D eigenvalue weighted by Crippen LogP contribution is 2.27. The third kappa shape index (κ3) is 3.43. The van der Waals surface area contributed by atoms with E-state index in [1.807, 2.05) is 47.0 Å². The van der Waals surface area contributed by atoms with Gasteiger partial charge in [0.15, 0.2) is 11.3 Å². The predicted octanol–water partition coefficient (Wildman–Crippen LogP) is 5.83. The molecule has 8 heteroatoms. The molecular weight excluding hydrogens is 469 g/mol. The molecule has 0 bridgehead atoms. The first kappa shape index (κ1) is 20.8. The van der Waals surface area contributed by atoms with Crippen molar-refractivity contribution in [3.05, 3.63) is 105 Å². The van der Waals surface area contributed by atoms with Crippen LogP contribution >= 0.6 is 23.2 Å². The maximum absolute atomic E-state index is 13.8. The Morgan fingerprint density at radius 3 is 2.35 bits per heavy atom. The predicted molar refractivity (Wildman–Crippen MR) is 136 cm³/mol. The summed E-state index contributed by atoms with van der Waals surface area (Å²) in [5.41, 5.74) is 4.54. The van der Waals surface area contributed by atoms with E-state index in [-0.39, 0.29) is 5.56 Å². The average Bonchev–Trinajstić information content (AvgIpc) is 3.17. The van der Waals surface area contributed by atoms with Crippen molar-refractivity contribution in [3.8, 4) is 5.69 Å². The van der Waals surface area contributed by atoms with E-state index in [1.54, 1.807) is 18.2 Å². The van der Waals surface area contributed by atoms with Crippen molar-refractivity contribution in [2.75, 3.05) is 0 Å². The van der Waals surface area contributed by atoms with Crippen molar-refractivity contribution in [1.29, 1.82) is 0 Å². The molecule has 0 atom stereocenters. The molecule has 0 amide bonds. The van der Waals surface area contributed by atoms with Gasteiger partial charge in [0.25, 0.3) is 5.56 Å². The fourth-order valence-corrected chi connectivity index (χ4v) is 4.62. The first-order valence-electron chi connectivity index (χ1n) is 10.8. The quantitative estimate of drug-likeness (QED) is 0.314. The third-order valence-electron chi connectivity index (χ3n) is 5.89. The van der Waals surface area contributed by atoms with Gasteiger partial charge in [0.2, 0.25) is 0 Å². The number of hydrogen-bond donors (Lipinski definition) is 0. The normalized spacial score (nSPS) is 11.6. The van der Waals surface area contributed by atoms with Crippen LogP contribution in [0, 0.1) is 0 Å². The number of nitrogens with zero attached hydrogens (tertiary/aromatic N) is 5. The molecule has 0 unspecified atom stereocenters. The molecule has 6 aromatic rings. The van der Waals surface area contributed by atoms with Gasteiger partial charge >= 0.3 is 0 Å². The van der Waals surface area contributed by atoms with Gasteiger partial charge in [-0.15, -0.1) is 0 Å². The number of aryl methyl sites for hydroxylation is 2. The molecule has 0 spiro atoms. The van der Waals surface area contributed by atoms with Gasteiger partial charge in [-0.1, -0.05) is 65.7 Å². The zero-order valence-corrected chi connectivity index (χ0v) is 19.3. The second-order valence-electron chi connectivity index (χ2n) is 7.99. The molecule has 0 aliphatic carbocycles. The Morgan fingerprint density at radius 2 is 1.56 bits per heavy atom. The summed E-state index contributed by atoms with van der Waals surface area (Å²) in [5, 5.41) is 1.28. The van der Waals surface area contributed by atoms with E-state index in [9.17, 15) is 4.79 Å². The van der Waals surface area contributed by atoms with E-state index in [0.29, 0.717) is 50.0 Å². The van der Waals surface area contributed by atoms with E-state index in [1.165, 1.54) is 16.5 Å². The number of benzene rings is 3. The van der Waals surface area contributed by atoms with Crippen LogP contribution in [-0.4, -0.2) is 24.1 Å². The van der Waals surface area contributed by atoms with E-state index in [0.717, 1.165) is 11.9 Å². The highest BCUT2D eigenvalue weighted by Gasteiger charge is 2.21. The van der Waals surface area contributed by atoms with Gasteiger partial charge in [-0.25, -0.2) is 15.0 Å². The average molecular weight is 486 g/mol. The van der Waals surface area contributed by atoms with Crippen LogP contribution in [0.3, 0.4) is 0 Å². The summed E-state index contributed by atoms with van der Waals surface area (Å²) in [7, 11) is 0. The molecule has 0 N–H and O–H groups in total. The smallest absolute Gasteiger partial charge is 0.269 e. The lowest BCUT2D eigenvalue weighted by Gasteiger charge is -2.09. The molecule has 0 saturated carbocycles. The first-order chi connectivity index (χ1) is 16.6. The van der Waals surface area contributed by atoms with Crippen LogP contribution < -0.4 is 5.56 Å². The van der Waals surface area contributed by atoms with Crippen LogP contribution in [0.2, 0.25) is 10.0 Å². The number of halogens is 2. The molecule has 0 radical (unpaired) electrons. The van der Waals surface area contributed by atoms with Crippen molar-refractivity contribution in [2.45, 2.75) is 13.0 Å². The first-order valence-corrected chi connectivity index (χ1v) is 11.5. The summed E-state index contributed by atoms with van der Waals surface area (Å²) in [6, 6.07) is 22.8. The Labute approximate surface area is 204 Å². The zero-order chi connectivity index (χ0) is 23.2. The summed E-state index contributed by atoms with van der Waals surface area (Å²) < 4.78 is 3.39. The van der Waals surface area contributed by atoms with E-state index in [2.05, 4.69) is 17.1 Å². The molecule has 0 aliphatic heterocycles. The molecule has 34 heavy (non-hydrogen) atoms. The number of fused-ring (bicyclic) bond motifs is 4. The molecule has 6 nitrogen and oxygen atoms in total. The Hall–Kier alpha value is -3.74. The summed E-state index contributed by atoms with van der Waals surface area (Å²) in [4.78, 5) is 28.1. The highest BCUT2D eigenvalue weighted by atomic mass is 35.5. The third-order valence-corrected chi connectivity index (χ3v) is 6.44. The molecule has 166 valence electrons. The topological polar surface area (TPSA) is 65.6 Å². The van der Waals surface area contributed by atoms with Crippen LogP contribution in [0.1, 0.15) is 5.56 Å². The Bertz CT molecular complexity index is 1760. The molecule has 3 aromatic heterocycles. The van der Waals surface area contributed by atoms with Gasteiger partial charge in [0.1, 0.15) is 17.2 Å². The van der Waals surface area contributed by atoms with Crippen molar-refractivity contribution in [2.24, 2.45) is 0 Å². The molecule has 0 aliphatic rings. The van der Waals surface area contributed by atoms with Gasteiger partial charge < -0.3 is 4.57 Å². The van der Waals surface area contributed by atoms with Gasteiger partial charge in [-0.3, -0.25) is 9.36 Å². The Kier molecular flexibility index (Phi) is 5.05. The number of rotatable bonds is 4. The fourth-order valence-electron chi connectivity index (χ4n) is 4.24. The second-order valence-corrected chi connectivity index (χ2v) is 8.83. The zero-order valence-electron chi connectivity index (χ0n) is 17.8. The van der Waals surface area contributed by atoms with Crippen LogP contribution in [0.15, 0.2) is 83.9 Å². The van der Waals surface area contributed by atoms with Crippen molar-refractivity contribution in [1.82, 2.24) is 24.1 Å². The van der Waals surface area contributed by atoms with E-state index >= 15 is 0 Å². The molecular formula is C26H17Cl2N5O. The maximum atomic E-state index is 13.8. The van der Waals surface area contributed by atoms with Gasteiger partial charge in [-0.2, -0.15) is 0 Å². The van der Waals surface area contributed by atoms with Gasteiger partial charge in [0.05, 0.1) is 21.7 Å². The molecule has 0 saturated heterocycles. The summed E-state index contributed by atoms with van der Waals surface area (Å²) >= 11 is 12.6. The van der Waals surface area contributed by atoms with Crippen LogP contribution in [0.4, 0.5) is 0 Å². The Balaban J connectivity index is 1.64. The molecule has 3 heterocycles. The molecule has 0 fully saturated rings. The number of para-hydroxylation sites is 2. The number of hydrogen-bond acceptors (Lipinski definition) is 4. The second kappa shape index (κ2) is 8.24. The van der Waals surface area contributed by atoms with Gasteiger partial charge in [0, 0.05) is 11.6 Å². The van der Waals surface area contributed by atoms with E-state index in [4.69, 9.17) is 33.2 Å². The largest absolute Gasteiger partial charge is 0.308 e. The van der Waals surface area contributed by atoms with Crippen molar-refractivity contribution in [3.63, 3.8) is 0 Å². The summed E-state index contributed by atoms with van der Waals surface area (Å²) in [5.74, 6) is 0. The molecule has 3 aromatic carbocycles. The lowest BCUT2D eigenvalue weighted by Crippen LogP contribution is -2.19. The highest BCUT2D eigenvalue weighted by molar-refractivity contribution is 6.34. The standard InChI is InChI=1S/C26H17Cl2N5O/c27-17-10-11-18(28)21(14-17)33-15-29-24-22(26(33)34)23-25(31-20-9-5-4-8-19(20)30-23)32(24)13-12-16-6-2-1-3-7-16/h1-11,14-15H,12-13H2. The SMILES string of the molecule is O=c1c2c3nc4ccccc4nc3n(CCc3ccccc3)c2ncn1-c1cc(Cl)ccc1Cl. The van der Waals surface area contributed by atoms with Crippen LogP contribution in [-0.2, 0) is 13.0 Å². The summed E-state index contributed by atoms with van der Waals surface area (Å²) in [6.07, 6.45) is 2.25. The van der Waals surface area contributed by atoms with Gasteiger partial charge in [-0.05, 0) is 42.3 Å². The Morgan fingerprint density at radius 1 is 0.824 bits per heavy atom. The number of aromatic nitrogens is 5. The lowest BCUT2D eigenvalue weighted by molar-refractivity contribution is 0.729. The lowest BCUT2D eigenvalue weighted by atomic mass is 10.1. The maximum Gasteiger partial charge on any atom is 0.269 e. The van der Waals surface area contributed by atoms with Crippen molar-refractivity contribution < 1.29 is 0 Å². The molecule has 6 rings (SSSR count). The van der Waals surface area contributed by atoms with Crippen LogP contribution in [0.25, 0.3) is 38.9 Å². The minimum atomic E-state index is -0.276. The van der Waals surface area contributed by atoms with Crippen LogP contribution in [0.5, 0.6) is 0 Å². The fraction of sp³-hybridized carbons (Fsp3) is 0.0769. The minimum absolute atomic E-state index is 0.276. The minimum Gasteiger partial charge on any atom is -0.308 e. The van der Waals surface area contributed by atoms with E-state index < -0.39 is 0 Å².